The highest BCUT2D eigenvalue weighted by atomic mass is 14.9. The van der Waals surface area contributed by atoms with E-state index in [2.05, 4.69) is 65.1 Å². The van der Waals surface area contributed by atoms with E-state index in [4.69, 9.17) is 0 Å². The van der Waals surface area contributed by atoms with Gasteiger partial charge in [0.1, 0.15) is 0 Å². The molecule has 1 heteroatoms. The third-order valence-electron chi connectivity index (χ3n) is 2.85. The standard InChI is InChI=1S/C15H25N/c1-7-16-14(15(4,5)6)13-9-11(2)8-12(3)10-13/h8-10,14,16H,7H2,1-6H3. The van der Waals surface area contributed by atoms with Crippen LogP contribution in [-0.2, 0) is 0 Å². The van der Waals surface area contributed by atoms with Crippen LogP contribution in [0.3, 0.4) is 0 Å². The first-order valence-electron chi connectivity index (χ1n) is 6.16. The minimum Gasteiger partial charge on any atom is -0.310 e. The molecule has 0 heterocycles. The zero-order chi connectivity index (χ0) is 12.3. The summed E-state index contributed by atoms with van der Waals surface area (Å²) in [6.07, 6.45) is 0. The highest BCUT2D eigenvalue weighted by Crippen LogP contribution is 2.33. The molecule has 0 bridgehead atoms. The smallest absolute Gasteiger partial charge is 0.0369 e. The molecule has 16 heavy (non-hydrogen) atoms. The van der Waals surface area contributed by atoms with Crippen molar-refractivity contribution in [3.05, 3.63) is 34.9 Å². The highest BCUT2D eigenvalue weighted by molar-refractivity contribution is 5.31. The molecule has 0 aliphatic carbocycles. The molecule has 90 valence electrons. The SMILES string of the molecule is CCNC(c1cc(C)cc(C)c1)C(C)(C)C. The first-order chi connectivity index (χ1) is 7.34. The van der Waals surface area contributed by atoms with Gasteiger partial charge in [0, 0.05) is 6.04 Å². The topological polar surface area (TPSA) is 12.0 Å². The minimum atomic E-state index is 0.246. The predicted molar refractivity (Wildman–Crippen MR) is 71.8 cm³/mol. The molecule has 1 aromatic rings. The Hall–Kier alpha value is -0.820. The molecule has 1 aromatic carbocycles. The maximum absolute atomic E-state index is 3.59. The Labute approximate surface area is 100 Å². The minimum absolute atomic E-state index is 0.246. The number of hydrogen-bond acceptors (Lipinski definition) is 1. The molecule has 0 aliphatic rings. The van der Waals surface area contributed by atoms with Crippen molar-refractivity contribution >= 4 is 0 Å². The average Bonchev–Trinajstić information content (AvgIpc) is 2.10. The van der Waals surface area contributed by atoms with Gasteiger partial charge in [0.25, 0.3) is 0 Å². The van der Waals surface area contributed by atoms with E-state index in [1.807, 2.05) is 0 Å². The van der Waals surface area contributed by atoms with E-state index in [-0.39, 0.29) is 5.41 Å². The van der Waals surface area contributed by atoms with Crippen LogP contribution >= 0.6 is 0 Å². The normalized spacial score (nSPS) is 13.9. The third kappa shape index (κ3) is 3.34. The van der Waals surface area contributed by atoms with Gasteiger partial charge in [-0.25, -0.2) is 0 Å². The molecule has 1 atom stereocenters. The Bertz CT molecular complexity index is 327. The van der Waals surface area contributed by atoms with Gasteiger partial charge >= 0.3 is 0 Å². The number of aryl methyl sites for hydroxylation is 2. The van der Waals surface area contributed by atoms with Crippen molar-refractivity contribution in [2.75, 3.05) is 6.54 Å². The number of hydrogen-bond donors (Lipinski definition) is 1. The van der Waals surface area contributed by atoms with Crippen molar-refractivity contribution in [1.82, 2.24) is 5.32 Å². The van der Waals surface area contributed by atoms with Crippen LogP contribution in [0.1, 0.15) is 50.4 Å². The Kier molecular flexibility index (Phi) is 4.15. The zero-order valence-electron chi connectivity index (χ0n) is 11.5. The van der Waals surface area contributed by atoms with E-state index in [9.17, 15) is 0 Å². The lowest BCUT2D eigenvalue weighted by molar-refractivity contribution is 0.276. The van der Waals surface area contributed by atoms with Crippen molar-refractivity contribution in [2.24, 2.45) is 5.41 Å². The third-order valence-corrected chi connectivity index (χ3v) is 2.85. The Balaban J connectivity index is 3.10. The molecule has 0 saturated heterocycles. The quantitative estimate of drug-likeness (QED) is 0.810. The van der Waals surface area contributed by atoms with Crippen molar-refractivity contribution in [1.29, 1.82) is 0 Å². The first kappa shape index (κ1) is 13.2. The van der Waals surface area contributed by atoms with Crippen molar-refractivity contribution in [2.45, 2.75) is 47.6 Å². The predicted octanol–water partition coefficient (Wildman–Crippen LogP) is 4.00. The van der Waals surface area contributed by atoms with Crippen LogP contribution in [0.4, 0.5) is 0 Å². The second-order valence-corrected chi connectivity index (χ2v) is 5.78. The summed E-state index contributed by atoms with van der Waals surface area (Å²) in [4.78, 5) is 0. The van der Waals surface area contributed by atoms with E-state index < -0.39 is 0 Å². The van der Waals surface area contributed by atoms with E-state index in [0.29, 0.717) is 6.04 Å². The van der Waals surface area contributed by atoms with Gasteiger partial charge in [0.05, 0.1) is 0 Å². The van der Waals surface area contributed by atoms with Crippen LogP contribution in [0.2, 0.25) is 0 Å². The summed E-state index contributed by atoms with van der Waals surface area (Å²) in [6, 6.07) is 7.25. The summed E-state index contributed by atoms with van der Waals surface area (Å²) in [5.41, 5.74) is 4.35. The van der Waals surface area contributed by atoms with Crippen LogP contribution < -0.4 is 5.32 Å². The molecule has 0 spiro atoms. The van der Waals surface area contributed by atoms with Gasteiger partial charge in [-0.15, -0.1) is 0 Å². The van der Waals surface area contributed by atoms with Crippen LogP contribution in [0.5, 0.6) is 0 Å². The first-order valence-corrected chi connectivity index (χ1v) is 6.16. The number of rotatable bonds is 3. The largest absolute Gasteiger partial charge is 0.310 e. The van der Waals surface area contributed by atoms with Gasteiger partial charge in [-0.1, -0.05) is 57.0 Å². The Morgan fingerprint density at radius 1 is 1.06 bits per heavy atom. The van der Waals surface area contributed by atoms with Gasteiger partial charge in [0.2, 0.25) is 0 Å². The Morgan fingerprint density at radius 2 is 1.56 bits per heavy atom. The summed E-state index contributed by atoms with van der Waals surface area (Å²) in [5, 5.41) is 3.59. The lowest BCUT2D eigenvalue weighted by atomic mass is 9.81. The molecular weight excluding hydrogens is 194 g/mol. The molecule has 1 nitrogen and oxygen atoms in total. The zero-order valence-corrected chi connectivity index (χ0v) is 11.5. The van der Waals surface area contributed by atoms with E-state index in [1.54, 1.807) is 0 Å². The van der Waals surface area contributed by atoms with Gasteiger partial charge in [-0.05, 0) is 31.4 Å². The number of benzene rings is 1. The van der Waals surface area contributed by atoms with Crippen LogP contribution in [0.25, 0.3) is 0 Å². The molecule has 0 saturated carbocycles. The van der Waals surface area contributed by atoms with Crippen molar-refractivity contribution < 1.29 is 0 Å². The fourth-order valence-electron chi connectivity index (χ4n) is 2.30. The maximum Gasteiger partial charge on any atom is 0.0369 e. The van der Waals surface area contributed by atoms with E-state index >= 15 is 0 Å². The molecule has 0 amide bonds. The fourth-order valence-corrected chi connectivity index (χ4v) is 2.30. The maximum atomic E-state index is 3.59. The summed E-state index contributed by atoms with van der Waals surface area (Å²) in [6.45, 7) is 14.4. The lowest BCUT2D eigenvalue weighted by Crippen LogP contribution is -2.32. The van der Waals surface area contributed by atoms with Crippen molar-refractivity contribution in [3.63, 3.8) is 0 Å². The average molecular weight is 219 g/mol. The molecule has 1 N–H and O–H groups in total. The second kappa shape index (κ2) is 5.01. The molecule has 0 fully saturated rings. The number of nitrogens with one attached hydrogen (secondary N) is 1. The molecule has 1 unspecified atom stereocenters. The summed E-state index contributed by atoms with van der Waals surface area (Å²) in [7, 11) is 0. The lowest BCUT2D eigenvalue weighted by Gasteiger charge is -2.32. The van der Waals surface area contributed by atoms with Crippen LogP contribution in [0.15, 0.2) is 18.2 Å². The molecule has 1 rings (SSSR count). The van der Waals surface area contributed by atoms with E-state index in [1.165, 1.54) is 16.7 Å². The van der Waals surface area contributed by atoms with Crippen LogP contribution in [0, 0.1) is 19.3 Å². The summed E-state index contributed by atoms with van der Waals surface area (Å²) < 4.78 is 0. The van der Waals surface area contributed by atoms with Crippen LogP contribution in [-0.4, -0.2) is 6.54 Å². The summed E-state index contributed by atoms with van der Waals surface area (Å²) >= 11 is 0. The highest BCUT2D eigenvalue weighted by Gasteiger charge is 2.25. The van der Waals surface area contributed by atoms with Crippen molar-refractivity contribution in [3.8, 4) is 0 Å². The molecule has 0 aromatic heterocycles. The molecule has 0 aliphatic heterocycles. The molecular formula is C15H25N. The fraction of sp³-hybridized carbons (Fsp3) is 0.600. The second-order valence-electron chi connectivity index (χ2n) is 5.78. The van der Waals surface area contributed by atoms with Gasteiger partial charge in [-0.2, -0.15) is 0 Å². The van der Waals surface area contributed by atoms with Gasteiger partial charge in [0.15, 0.2) is 0 Å². The molecule has 0 radical (unpaired) electrons. The monoisotopic (exact) mass is 219 g/mol. The van der Waals surface area contributed by atoms with Gasteiger partial charge < -0.3 is 5.32 Å². The Morgan fingerprint density at radius 3 is 1.94 bits per heavy atom. The van der Waals surface area contributed by atoms with Gasteiger partial charge in [-0.3, -0.25) is 0 Å². The van der Waals surface area contributed by atoms with E-state index in [0.717, 1.165) is 6.54 Å². The summed E-state index contributed by atoms with van der Waals surface area (Å²) in [5.74, 6) is 0.